The first-order chi connectivity index (χ1) is 10.9. The molecule has 1 atom stereocenters. The van der Waals surface area contributed by atoms with Crippen molar-refractivity contribution in [2.45, 2.75) is 44.2 Å². The number of amides is 2. The molecule has 0 spiro atoms. The molecule has 1 aromatic carbocycles. The summed E-state index contributed by atoms with van der Waals surface area (Å²) in [4.78, 5) is 22.9. The number of carbonyl (C=O) groups excluding carboxylic acids is 1. The van der Waals surface area contributed by atoms with E-state index >= 15 is 0 Å². The fraction of sp³-hybridized carbons (Fsp3) is 0.529. The minimum absolute atomic E-state index is 0.00715. The third kappa shape index (κ3) is 4.96. The van der Waals surface area contributed by atoms with Gasteiger partial charge in [0, 0.05) is 6.04 Å². The maximum atomic E-state index is 12.0. The summed E-state index contributed by atoms with van der Waals surface area (Å²) in [5.41, 5.74) is -0.401. The number of carbonyl (C=O) groups is 2. The highest BCUT2D eigenvalue weighted by molar-refractivity contribution is 5.74. The molecule has 2 amide bonds. The second-order valence-corrected chi connectivity index (χ2v) is 6.35. The zero-order chi connectivity index (χ0) is 16.9. The fourth-order valence-corrected chi connectivity index (χ4v) is 2.87. The van der Waals surface area contributed by atoms with Gasteiger partial charge in [-0.05, 0) is 38.2 Å². The minimum atomic E-state index is -1.14. The highest BCUT2D eigenvalue weighted by atomic mass is 16.4. The minimum Gasteiger partial charge on any atom is -0.481 e. The Bertz CT molecular complexity index is 537. The van der Waals surface area contributed by atoms with Crippen LogP contribution < -0.4 is 10.6 Å². The average molecular weight is 320 g/mol. The van der Waals surface area contributed by atoms with Gasteiger partial charge in [0.05, 0.1) is 12.5 Å². The fourth-order valence-electron chi connectivity index (χ4n) is 2.87. The van der Waals surface area contributed by atoms with E-state index in [1.165, 1.54) is 0 Å². The standard InChI is InChI=1S/C17H24N2O4/c1-17(23,13-5-3-2-4-6-13)11-18-16(22)19-14-9-7-12(8-10-14)15(20)21/h2-6,12,14,23H,7-11H2,1H3,(H,20,21)(H2,18,19,22). The number of aliphatic carboxylic acids is 1. The van der Waals surface area contributed by atoms with Crippen LogP contribution in [-0.2, 0) is 10.4 Å². The molecular formula is C17H24N2O4. The molecule has 0 heterocycles. The lowest BCUT2D eigenvalue weighted by Gasteiger charge is -2.28. The van der Waals surface area contributed by atoms with Crippen LogP contribution in [0, 0.1) is 5.92 Å². The summed E-state index contributed by atoms with van der Waals surface area (Å²) < 4.78 is 0. The van der Waals surface area contributed by atoms with Crippen LogP contribution in [0.25, 0.3) is 0 Å². The second-order valence-electron chi connectivity index (χ2n) is 6.35. The van der Waals surface area contributed by atoms with Gasteiger partial charge in [-0.1, -0.05) is 30.3 Å². The normalized spacial score (nSPS) is 23.6. The second kappa shape index (κ2) is 7.46. The molecule has 0 saturated heterocycles. The first-order valence-electron chi connectivity index (χ1n) is 7.93. The van der Waals surface area contributed by atoms with Crippen LogP contribution in [0.2, 0.25) is 0 Å². The van der Waals surface area contributed by atoms with Crippen LogP contribution in [0.5, 0.6) is 0 Å². The maximum Gasteiger partial charge on any atom is 0.315 e. The predicted octanol–water partition coefficient (Wildman–Crippen LogP) is 1.84. The predicted molar refractivity (Wildman–Crippen MR) is 85.9 cm³/mol. The van der Waals surface area contributed by atoms with Crippen LogP contribution in [0.15, 0.2) is 30.3 Å². The quantitative estimate of drug-likeness (QED) is 0.665. The van der Waals surface area contributed by atoms with Gasteiger partial charge in [-0.3, -0.25) is 4.79 Å². The number of carboxylic acids is 1. The summed E-state index contributed by atoms with van der Waals surface area (Å²) >= 11 is 0. The number of rotatable bonds is 5. The molecule has 0 bridgehead atoms. The molecule has 1 fully saturated rings. The zero-order valence-electron chi connectivity index (χ0n) is 13.3. The van der Waals surface area contributed by atoms with Crippen molar-refractivity contribution in [3.05, 3.63) is 35.9 Å². The maximum absolute atomic E-state index is 12.0. The van der Waals surface area contributed by atoms with E-state index in [1.54, 1.807) is 6.92 Å². The van der Waals surface area contributed by atoms with Crippen molar-refractivity contribution >= 4 is 12.0 Å². The van der Waals surface area contributed by atoms with Gasteiger partial charge in [0.15, 0.2) is 0 Å². The number of urea groups is 1. The molecule has 126 valence electrons. The number of carboxylic acid groups (broad SMARTS) is 1. The van der Waals surface area contributed by atoms with Gasteiger partial charge in [-0.25, -0.2) is 4.79 Å². The van der Waals surface area contributed by atoms with Gasteiger partial charge >= 0.3 is 12.0 Å². The molecule has 1 saturated carbocycles. The first-order valence-corrected chi connectivity index (χ1v) is 7.93. The zero-order valence-corrected chi connectivity index (χ0v) is 13.3. The molecule has 1 aromatic rings. The lowest BCUT2D eigenvalue weighted by Crippen LogP contribution is -2.47. The van der Waals surface area contributed by atoms with Crippen molar-refractivity contribution in [1.29, 1.82) is 0 Å². The average Bonchev–Trinajstić information content (AvgIpc) is 2.54. The lowest BCUT2D eigenvalue weighted by atomic mass is 9.86. The Balaban J connectivity index is 1.76. The molecule has 2 rings (SSSR count). The Morgan fingerprint density at radius 1 is 1.17 bits per heavy atom. The SMILES string of the molecule is CC(O)(CNC(=O)NC1CCC(C(=O)O)CC1)c1ccccc1. The summed E-state index contributed by atoms with van der Waals surface area (Å²) in [6, 6.07) is 8.83. The highest BCUT2D eigenvalue weighted by Gasteiger charge is 2.28. The summed E-state index contributed by atoms with van der Waals surface area (Å²) in [6.45, 7) is 1.76. The van der Waals surface area contributed by atoms with Crippen molar-refractivity contribution in [2.75, 3.05) is 6.54 Å². The van der Waals surface area contributed by atoms with Crippen molar-refractivity contribution in [1.82, 2.24) is 10.6 Å². The molecule has 6 nitrogen and oxygen atoms in total. The number of aliphatic hydroxyl groups is 1. The summed E-state index contributed by atoms with van der Waals surface area (Å²) in [5.74, 6) is -1.05. The van der Waals surface area contributed by atoms with Crippen molar-refractivity contribution in [3.63, 3.8) is 0 Å². The molecular weight excluding hydrogens is 296 g/mol. The number of nitrogens with one attached hydrogen (secondary N) is 2. The highest BCUT2D eigenvalue weighted by Crippen LogP contribution is 2.24. The van der Waals surface area contributed by atoms with E-state index in [0.717, 1.165) is 5.56 Å². The molecule has 4 N–H and O–H groups in total. The van der Waals surface area contributed by atoms with E-state index < -0.39 is 11.6 Å². The Labute approximate surface area is 135 Å². The van der Waals surface area contributed by atoms with Crippen LogP contribution in [0.3, 0.4) is 0 Å². The molecule has 0 aliphatic heterocycles. The third-order valence-electron chi connectivity index (χ3n) is 4.40. The van der Waals surface area contributed by atoms with Gasteiger partial charge < -0.3 is 20.8 Å². The molecule has 1 unspecified atom stereocenters. The molecule has 1 aliphatic rings. The van der Waals surface area contributed by atoms with Gasteiger partial charge in [0.2, 0.25) is 0 Å². The topological polar surface area (TPSA) is 98.7 Å². The first kappa shape index (κ1) is 17.3. The Kier molecular flexibility index (Phi) is 5.60. The largest absolute Gasteiger partial charge is 0.481 e. The smallest absolute Gasteiger partial charge is 0.315 e. The molecule has 6 heteroatoms. The third-order valence-corrected chi connectivity index (χ3v) is 4.40. The molecule has 1 aliphatic carbocycles. The Morgan fingerprint density at radius 3 is 2.35 bits per heavy atom. The van der Waals surface area contributed by atoms with Crippen molar-refractivity contribution < 1.29 is 19.8 Å². The molecule has 0 radical (unpaired) electrons. The lowest BCUT2D eigenvalue weighted by molar-refractivity contribution is -0.142. The van der Waals surface area contributed by atoms with Gasteiger partial charge in [0.25, 0.3) is 0 Å². The molecule has 0 aromatic heterocycles. The van der Waals surface area contributed by atoms with E-state index in [2.05, 4.69) is 10.6 Å². The number of hydrogen-bond donors (Lipinski definition) is 4. The monoisotopic (exact) mass is 320 g/mol. The van der Waals surface area contributed by atoms with Gasteiger partial charge in [0.1, 0.15) is 5.60 Å². The Morgan fingerprint density at radius 2 is 1.78 bits per heavy atom. The van der Waals surface area contributed by atoms with Crippen molar-refractivity contribution in [2.24, 2.45) is 5.92 Å². The van der Waals surface area contributed by atoms with E-state index in [1.807, 2.05) is 30.3 Å². The van der Waals surface area contributed by atoms with E-state index in [-0.39, 0.29) is 24.5 Å². The van der Waals surface area contributed by atoms with E-state index in [0.29, 0.717) is 25.7 Å². The van der Waals surface area contributed by atoms with Crippen LogP contribution in [0.4, 0.5) is 4.79 Å². The van der Waals surface area contributed by atoms with Gasteiger partial charge in [-0.2, -0.15) is 0 Å². The van der Waals surface area contributed by atoms with E-state index in [9.17, 15) is 14.7 Å². The van der Waals surface area contributed by atoms with Crippen LogP contribution >= 0.6 is 0 Å². The van der Waals surface area contributed by atoms with Crippen molar-refractivity contribution in [3.8, 4) is 0 Å². The van der Waals surface area contributed by atoms with Crippen LogP contribution in [-0.4, -0.2) is 34.8 Å². The summed E-state index contributed by atoms with van der Waals surface area (Å²) in [5, 5.41) is 24.9. The number of hydrogen-bond acceptors (Lipinski definition) is 3. The Hall–Kier alpha value is -2.08. The van der Waals surface area contributed by atoms with E-state index in [4.69, 9.17) is 5.11 Å². The van der Waals surface area contributed by atoms with Crippen LogP contribution in [0.1, 0.15) is 38.2 Å². The van der Waals surface area contributed by atoms with Gasteiger partial charge in [-0.15, -0.1) is 0 Å². The molecule has 23 heavy (non-hydrogen) atoms. The summed E-state index contributed by atoms with van der Waals surface area (Å²) in [7, 11) is 0. The number of benzene rings is 1. The summed E-state index contributed by atoms with van der Waals surface area (Å²) in [6.07, 6.45) is 2.50.